The summed E-state index contributed by atoms with van der Waals surface area (Å²) < 4.78 is 23.1. The zero-order valence-electron chi connectivity index (χ0n) is 12.6. The van der Waals surface area contributed by atoms with Crippen LogP contribution >= 0.6 is 0 Å². The minimum absolute atomic E-state index is 0.0481. The van der Waals surface area contributed by atoms with Crippen LogP contribution in [0.25, 0.3) is 0 Å². The Balaban J connectivity index is 2.00. The van der Waals surface area contributed by atoms with E-state index in [-0.39, 0.29) is 23.8 Å². The number of aliphatic hydroxyl groups is 1. The predicted octanol–water partition coefficient (Wildman–Crippen LogP) is 0.314. The molecule has 1 aromatic heterocycles. The summed E-state index contributed by atoms with van der Waals surface area (Å²) in [5, 5.41) is 12.3. The number of hydrogen-bond acceptors (Lipinski definition) is 5. The van der Waals surface area contributed by atoms with Crippen LogP contribution in [0.15, 0.2) is 24.4 Å². The molecule has 7 heteroatoms. The summed E-state index contributed by atoms with van der Waals surface area (Å²) in [6.07, 6.45) is 3.14. The van der Waals surface area contributed by atoms with Crippen molar-refractivity contribution in [3.8, 4) is 0 Å². The molecular weight excluding hydrogens is 304 g/mol. The lowest BCUT2D eigenvalue weighted by Gasteiger charge is -2.38. The Morgan fingerprint density at radius 1 is 1.45 bits per heavy atom. The van der Waals surface area contributed by atoms with E-state index in [4.69, 9.17) is 0 Å². The van der Waals surface area contributed by atoms with Crippen LogP contribution in [0.1, 0.15) is 25.5 Å². The highest BCUT2D eigenvalue weighted by molar-refractivity contribution is 7.92. The minimum atomic E-state index is -3.34. The Morgan fingerprint density at radius 3 is 2.73 bits per heavy atom. The fourth-order valence-corrected chi connectivity index (χ4v) is 3.28. The van der Waals surface area contributed by atoms with Crippen molar-refractivity contribution < 1.29 is 18.3 Å². The van der Waals surface area contributed by atoms with Gasteiger partial charge in [-0.25, -0.2) is 8.42 Å². The molecule has 1 atom stereocenters. The van der Waals surface area contributed by atoms with Crippen molar-refractivity contribution >= 4 is 15.7 Å². The lowest BCUT2D eigenvalue weighted by molar-refractivity contribution is -0.120. The molecule has 0 unspecified atom stereocenters. The number of carbonyl (C=O) groups excluding carboxylic acids is 1. The number of sulfone groups is 1. The van der Waals surface area contributed by atoms with Gasteiger partial charge in [-0.05, 0) is 30.9 Å². The SMILES string of the molecule is CCS(=O)(=O)CC(=O)N[C@H](Cc1ccccn1)C1CC(O)C1. The highest BCUT2D eigenvalue weighted by atomic mass is 32.2. The number of aromatic nitrogens is 1. The average molecular weight is 326 g/mol. The van der Waals surface area contributed by atoms with E-state index in [0.717, 1.165) is 5.69 Å². The smallest absolute Gasteiger partial charge is 0.235 e. The molecule has 1 fully saturated rings. The summed E-state index contributed by atoms with van der Waals surface area (Å²) in [7, 11) is -3.34. The van der Waals surface area contributed by atoms with Gasteiger partial charge in [0.2, 0.25) is 5.91 Å². The third-order valence-corrected chi connectivity index (χ3v) is 5.59. The molecule has 122 valence electrons. The molecule has 0 aliphatic heterocycles. The van der Waals surface area contributed by atoms with E-state index in [2.05, 4.69) is 10.3 Å². The van der Waals surface area contributed by atoms with Gasteiger partial charge < -0.3 is 10.4 Å². The molecule has 1 saturated carbocycles. The number of amides is 1. The summed E-state index contributed by atoms with van der Waals surface area (Å²) in [5.74, 6) is -0.861. The molecular formula is C15H22N2O4S. The van der Waals surface area contributed by atoms with Crippen molar-refractivity contribution in [1.82, 2.24) is 10.3 Å². The Kier molecular flexibility index (Phi) is 5.52. The van der Waals surface area contributed by atoms with Gasteiger partial charge in [0.15, 0.2) is 9.84 Å². The van der Waals surface area contributed by atoms with E-state index in [1.54, 1.807) is 6.20 Å². The molecule has 2 rings (SSSR count). The maximum atomic E-state index is 12.0. The van der Waals surface area contributed by atoms with Gasteiger partial charge in [-0.1, -0.05) is 13.0 Å². The summed E-state index contributed by atoms with van der Waals surface area (Å²) in [5.41, 5.74) is 0.840. The highest BCUT2D eigenvalue weighted by Crippen LogP contribution is 2.31. The Morgan fingerprint density at radius 2 is 2.18 bits per heavy atom. The van der Waals surface area contributed by atoms with E-state index in [9.17, 15) is 18.3 Å². The van der Waals surface area contributed by atoms with Gasteiger partial charge in [-0.15, -0.1) is 0 Å². The van der Waals surface area contributed by atoms with E-state index >= 15 is 0 Å². The third kappa shape index (κ3) is 4.78. The first kappa shape index (κ1) is 16.9. The predicted molar refractivity (Wildman–Crippen MR) is 82.9 cm³/mol. The topological polar surface area (TPSA) is 96.4 Å². The largest absolute Gasteiger partial charge is 0.393 e. The first-order valence-electron chi connectivity index (χ1n) is 7.47. The van der Waals surface area contributed by atoms with Crippen LogP contribution in [-0.2, 0) is 21.1 Å². The number of nitrogens with zero attached hydrogens (tertiary/aromatic N) is 1. The summed E-state index contributed by atoms with van der Waals surface area (Å²) >= 11 is 0. The maximum absolute atomic E-state index is 12.0. The van der Waals surface area contributed by atoms with Crippen molar-refractivity contribution in [2.24, 2.45) is 5.92 Å². The molecule has 0 bridgehead atoms. The molecule has 1 aliphatic carbocycles. The molecule has 0 saturated heterocycles. The Bertz CT molecular complexity index is 597. The first-order chi connectivity index (χ1) is 10.4. The van der Waals surface area contributed by atoms with Gasteiger partial charge >= 0.3 is 0 Å². The molecule has 1 amide bonds. The molecule has 1 aliphatic rings. The second-order valence-electron chi connectivity index (χ2n) is 5.76. The maximum Gasteiger partial charge on any atom is 0.235 e. The van der Waals surface area contributed by atoms with Crippen molar-refractivity contribution in [2.75, 3.05) is 11.5 Å². The van der Waals surface area contributed by atoms with Crippen LogP contribution in [0.2, 0.25) is 0 Å². The van der Waals surface area contributed by atoms with Gasteiger partial charge in [-0.3, -0.25) is 9.78 Å². The highest BCUT2D eigenvalue weighted by Gasteiger charge is 2.35. The van der Waals surface area contributed by atoms with Crippen LogP contribution in [0.4, 0.5) is 0 Å². The van der Waals surface area contributed by atoms with E-state index in [1.807, 2.05) is 18.2 Å². The fourth-order valence-electron chi connectivity index (χ4n) is 2.59. The van der Waals surface area contributed by atoms with Crippen LogP contribution in [0.5, 0.6) is 0 Å². The number of rotatable bonds is 7. The fraction of sp³-hybridized carbons (Fsp3) is 0.600. The third-order valence-electron chi connectivity index (χ3n) is 4.01. The number of aliphatic hydroxyl groups excluding tert-OH is 1. The lowest BCUT2D eigenvalue weighted by atomic mass is 9.76. The molecule has 2 N–H and O–H groups in total. The van der Waals surface area contributed by atoms with Crippen molar-refractivity contribution in [1.29, 1.82) is 0 Å². The van der Waals surface area contributed by atoms with Crippen LogP contribution < -0.4 is 5.32 Å². The average Bonchev–Trinajstić information content (AvgIpc) is 2.44. The van der Waals surface area contributed by atoms with Crippen molar-refractivity contribution in [3.63, 3.8) is 0 Å². The molecule has 1 heterocycles. The minimum Gasteiger partial charge on any atom is -0.393 e. The van der Waals surface area contributed by atoms with E-state index < -0.39 is 21.5 Å². The Hall–Kier alpha value is -1.47. The van der Waals surface area contributed by atoms with Gasteiger partial charge in [0.25, 0.3) is 0 Å². The first-order valence-corrected chi connectivity index (χ1v) is 9.29. The summed E-state index contributed by atoms with van der Waals surface area (Å²) in [4.78, 5) is 16.2. The Labute approximate surface area is 130 Å². The van der Waals surface area contributed by atoms with Crippen LogP contribution in [0.3, 0.4) is 0 Å². The van der Waals surface area contributed by atoms with Gasteiger partial charge in [-0.2, -0.15) is 0 Å². The van der Waals surface area contributed by atoms with Gasteiger partial charge in [0.1, 0.15) is 5.75 Å². The normalized spacial score (nSPS) is 22.6. The molecule has 0 radical (unpaired) electrons. The van der Waals surface area contributed by atoms with Crippen LogP contribution in [0, 0.1) is 5.92 Å². The zero-order valence-corrected chi connectivity index (χ0v) is 13.4. The monoisotopic (exact) mass is 326 g/mol. The standard InChI is InChI=1S/C15H22N2O4S/c1-2-22(20,21)10-15(19)17-14(11-7-13(18)8-11)9-12-5-3-4-6-16-12/h3-6,11,13-14,18H,2,7-10H2,1H3,(H,17,19)/t11?,13?,14-/m1/s1. The zero-order chi connectivity index (χ0) is 16.2. The molecule has 0 spiro atoms. The quantitative estimate of drug-likeness (QED) is 0.752. The molecule has 1 aromatic rings. The second kappa shape index (κ2) is 7.19. The second-order valence-corrected chi connectivity index (χ2v) is 8.11. The lowest BCUT2D eigenvalue weighted by Crippen LogP contribution is -2.49. The molecule has 6 nitrogen and oxygen atoms in total. The number of nitrogens with one attached hydrogen (secondary N) is 1. The van der Waals surface area contributed by atoms with E-state index in [1.165, 1.54) is 6.92 Å². The van der Waals surface area contributed by atoms with Gasteiger partial charge in [0, 0.05) is 30.1 Å². The van der Waals surface area contributed by atoms with Crippen LogP contribution in [-0.4, -0.2) is 48.1 Å². The summed E-state index contributed by atoms with van der Waals surface area (Å²) in [6, 6.07) is 5.37. The molecule has 22 heavy (non-hydrogen) atoms. The summed E-state index contributed by atoms with van der Waals surface area (Å²) in [6.45, 7) is 1.52. The molecule has 0 aromatic carbocycles. The number of hydrogen-bond donors (Lipinski definition) is 2. The van der Waals surface area contributed by atoms with Gasteiger partial charge in [0.05, 0.1) is 6.10 Å². The van der Waals surface area contributed by atoms with Crippen molar-refractivity contribution in [3.05, 3.63) is 30.1 Å². The van der Waals surface area contributed by atoms with Crippen molar-refractivity contribution in [2.45, 2.75) is 38.3 Å². The van der Waals surface area contributed by atoms with E-state index in [0.29, 0.717) is 19.3 Å². The number of carbonyl (C=O) groups is 1. The number of pyridine rings is 1.